The van der Waals surface area contributed by atoms with Crippen LogP contribution in [-0.4, -0.2) is 30.9 Å². The Morgan fingerprint density at radius 2 is 1.41 bits per heavy atom. The van der Waals surface area contributed by atoms with Gasteiger partial charge in [0.2, 0.25) is 0 Å². The first kappa shape index (κ1) is 15.3. The zero-order chi connectivity index (χ0) is 13.4. The predicted molar refractivity (Wildman–Crippen MR) is 61.2 cm³/mol. The molecule has 0 aromatic rings. The molecule has 0 saturated heterocycles. The van der Waals surface area contributed by atoms with Gasteiger partial charge in [0.25, 0.3) is 0 Å². The van der Waals surface area contributed by atoms with Gasteiger partial charge in [0, 0.05) is 12.0 Å². The molecule has 0 bridgehead atoms. The highest BCUT2D eigenvalue weighted by Gasteiger charge is 2.22. The molecular formula is C12H18O5. The summed E-state index contributed by atoms with van der Waals surface area (Å²) in [5, 5.41) is 0. The zero-order valence-corrected chi connectivity index (χ0v) is 10.6. The minimum atomic E-state index is -0.833. The Morgan fingerprint density at radius 1 is 1.00 bits per heavy atom. The molecule has 0 unspecified atom stereocenters. The van der Waals surface area contributed by atoms with Crippen LogP contribution in [0.3, 0.4) is 0 Å². The lowest BCUT2D eigenvalue weighted by molar-refractivity contribution is -0.147. The van der Waals surface area contributed by atoms with Crippen molar-refractivity contribution >= 4 is 17.7 Å². The lowest BCUT2D eigenvalue weighted by Gasteiger charge is -2.06. The van der Waals surface area contributed by atoms with E-state index in [9.17, 15) is 14.4 Å². The summed E-state index contributed by atoms with van der Waals surface area (Å²) in [7, 11) is 0. The summed E-state index contributed by atoms with van der Waals surface area (Å²) >= 11 is 0. The highest BCUT2D eigenvalue weighted by atomic mass is 16.6. The summed E-state index contributed by atoms with van der Waals surface area (Å²) in [5.41, 5.74) is -0.354. The number of allylic oxidation sites excluding steroid dienone is 1. The van der Waals surface area contributed by atoms with Crippen molar-refractivity contribution in [2.24, 2.45) is 5.92 Å². The van der Waals surface area contributed by atoms with Crippen LogP contribution in [0.5, 0.6) is 0 Å². The van der Waals surface area contributed by atoms with E-state index in [2.05, 4.69) is 0 Å². The third kappa shape index (κ3) is 5.29. The van der Waals surface area contributed by atoms with Gasteiger partial charge in [-0.15, -0.1) is 0 Å². The number of hydrogen-bond donors (Lipinski definition) is 0. The summed E-state index contributed by atoms with van der Waals surface area (Å²) in [5.74, 6) is -2.28. The molecule has 96 valence electrons. The second-order valence-electron chi connectivity index (χ2n) is 3.56. The molecule has 0 aliphatic rings. The summed E-state index contributed by atoms with van der Waals surface area (Å²) < 4.78 is 9.38. The SMILES string of the molecule is CCOC(=O)C(=CC(=O)C(C)C)C(=O)OCC. The molecule has 17 heavy (non-hydrogen) atoms. The molecule has 0 spiro atoms. The highest BCUT2D eigenvalue weighted by Crippen LogP contribution is 2.06. The van der Waals surface area contributed by atoms with Gasteiger partial charge in [0.05, 0.1) is 13.2 Å². The van der Waals surface area contributed by atoms with Gasteiger partial charge in [-0.1, -0.05) is 13.8 Å². The van der Waals surface area contributed by atoms with Crippen LogP contribution >= 0.6 is 0 Å². The first-order chi connectivity index (χ1) is 7.93. The van der Waals surface area contributed by atoms with Crippen LogP contribution < -0.4 is 0 Å². The Kier molecular flexibility index (Phi) is 6.86. The molecule has 0 saturated carbocycles. The van der Waals surface area contributed by atoms with E-state index in [1.54, 1.807) is 27.7 Å². The highest BCUT2D eigenvalue weighted by molar-refractivity contribution is 6.18. The number of hydrogen-bond acceptors (Lipinski definition) is 5. The van der Waals surface area contributed by atoms with Crippen molar-refractivity contribution in [3.63, 3.8) is 0 Å². The molecule has 0 radical (unpaired) electrons. The Bertz CT molecular complexity index is 308. The van der Waals surface area contributed by atoms with Gasteiger partial charge < -0.3 is 9.47 Å². The average Bonchev–Trinajstić information content (AvgIpc) is 2.25. The molecule has 0 rings (SSSR count). The van der Waals surface area contributed by atoms with Crippen molar-refractivity contribution in [2.75, 3.05) is 13.2 Å². The van der Waals surface area contributed by atoms with Crippen molar-refractivity contribution in [1.82, 2.24) is 0 Å². The molecule has 0 aromatic heterocycles. The van der Waals surface area contributed by atoms with Gasteiger partial charge in [-0.25, -0.2) is 9.59 Å². The third-order valence-electron chi connectivity index (χ3n) is 1.85. The second-order valence-corrected chi connectivity index (χ2v) is 3.56. The molecule has 5 heteroatoms. The summed E-state index contributed by atoms with van der Waals surface area (Å²) in [6, 6.07) is 0. The van der Waals surface area contributed by atoms with E-state index in [0.717, 1.165) is 6.08 Å². The largest absolute Gasteiger partial charge is 0.462 e. The van der Waals surface area contributed by atoms with Crippen LogP contribution in [0.4, 0.5) is 0 Å². The van der Waals surface area contributed by atoms with Crippen molar-refractivity contribution in [1.29, 1.82) is 0 Å². The molecular weight excluding hydrogens is 224 g/mol. The first-order valence-electron chi connectivity index (χ1n) is 5.53. The van der Waals surface area contributed by atoms with Crippen LogP contribution in [0.2, 0.25) is 0 Å². The monoisotopic (exact) mass is 242 g/mol. The molecule has 0 fully saturated rings. The van der Waals surface area contributed by atoms with Crippen LogP contribution in [0.15, 0.2) is 11.6 Å². The summed E-state index contributed by atoms with van der Waals surface area (Å²) in [6.45, 7) is 6.84. The van der Waals surface area contributed by atoms with E-state index in [1.807, 2.05) is 0 Å². The Labute approximate surface area is 101 Å². The second kappa shape index (κ2) is 7.60. The van der Waals surface area contributed by atoms with Crippen LogP contribution in [-0.2, 0) is 23.9 Å². The molecule has 0 atom stereocenters. The van der Waals surface area contributed by atoms with E-state index < -0.39 is 11.9 Å². The van der Waals surface area contributed by atoms with E-state index in [4.69, 9.17) is 9.47 Å². The van der Waals surface area contributed by atoms with Crippen LogP contribution in [0.25, 0.3) is 0 Å². The Balaban J connectivity index is 5.03. The smallest absolute Gasteiger partial charge is 0.345 e. The fourth-order valence-electron chi connectivity index (χ4n) is 0.928. The molecule has 0 N–H and O–H groups in total. The Hall–Kier alpha value is -1.65. The molecule has 5 nitrogen and oxygen atoms in total. The predicted octanol–water partition coefficient (Wildman–Crippen LogP) is 1.26. The zero-order valence-electron chi connectivity index (χ0n) is 10.6. The number of carbonyl (C=O) groups excluding carboxylic acids is 3. The summed E-state index contributed by atoms with van der Waals surface area (Å²) in [6.07, 6.45) is 0.987. The summed E-state index contributed by atoms with van der Waals surface area (Å²) in [4.78, 5) is 34.4. The van der Waals surface area contributed by atoms with Crippen LogP contribution in [0, 0.1) is 5.92 Å². The standard InChI is InChI=1S/C12H18O5/c1-5-16-11(14)9(12(15)17-6-2)7-10(13)8(3)4/h7-8H,5-6H2,1-4H3. The fraction of sp³-hybridized carbons (Fsp3) is 0.583. The van der Waals surface area contributed by atoms with Gasteiger partial charge in [0.15, 0.2) is 5.78 Å². The van der Waals surface area contributed by atoms with Crippen molar-refractivity contribution in [2.45, 2.75) is 27.7 Å². The van der Waals surface area contributed by atoms with Crippen molar-refractivity contribution < 1.29 is 23.9 Å². The van der Waals surface area contributed by atoms with Gasteiger partial charge >= 0.3 is 11.9 Å². The molecule has 0 aliphatic carbocycles. The van der Waals surface area contributed by atoms with E-state index in [1.165, 1.54) is 0 Å². The lowest BCUT2D eigenvalue weighted by atomic mass is 10.1. The van der Waals surface area contributed by atoms with Crippen LogP contribution in [0.1, 0.15) is 27.7 Å². The molecule has 0 heterocycles. The van der Waals surface area contributed by atoms with Gasteiger partial charge in [0.1, 0.15) is 5.57 Å². The molecule has 0 aliphatic heterocycles. The minimum absolute atomic E-state index is 0.130. The normalized spacial score (nSPS) is 9.71. The van der Waals surface area contributed by atoms with Crippen molar-refractivity contribution in [3.8, 4) is 0 Å². The van der Waals surface area contributed by atoms with E-state index in [-0.39, 0.29) is 30.5 Å². The quantitative estimate of drug-likeness (QED) is 0.303. The molecule has 0 amide bonds. The third-order valence-corrected chi connectivity index (χ3v) is 1.85. The van der Waals surface area contributed by atoms with E-state index in [0.29, 0.717) is 0 Å². The Morgan fingerprint density at radius 3 is 1.71 bits per heavy atom. The topological polar surface area (TPSA) is 69.7 Å². The number of rotatable bonds is 6. The maximum atomic E-state index is 11.5. The van der Waals surface area contributed by atoms with Gasteiger partial charge in [-0.2, -0.15) is 0 Å². The average molecular weight is 242 g/mol. The van der Waals surface area contributed by atoms with Crippen molar-refractivity contribution in [3.05, 3.63) is 11.6 Å². The fourth-order valence-corrected chi connectivity index (χ4v) is 0.928. The number of ketones is 1. The number of carbonyl (C=O) groups is 3. The van der Waals surface area contributed by atoms with E-state index >= 15 is 0 Å². The first-order valence-corrected chi connectivity index (χ1v) is 5.53. The maximum Gasteiger partial charge on any atom is 0.345 e. The number of ether oxygens (including phenoxy) is 2. The molecule has 0 aromatic carbocycles. The minimum Gasteiger partial charge on any atom is -0.462 e. The number of esters is 2. The van der Waals surface area contributed by atoms with Gasteiger partial charge in [-0.05, 0) is 13.8 Å². The maximum absolute atomic E-state index is 11.5. The lowest BCUT2D eigenvalue weighted by Crippen LogP contribution is -2.20. The van der Waals surface area contributed by atoms with Gasteiger partial charge in [-0.3, -0.25) is 4.79 Å².